The Balaban J connectivity index is 1.60. The first-order valence-electron chi connectivity index (χ1n) is 8.94. The normalized spacial score (nSPS) is 19.1. The quantitative estimate of drug-likeness (QED) is 0.725. The number of hydrogen-bond acceptors (Lipinski definition) is 5. The third-order valence-electron chi connectivity index (χ3n) is 4.82. The molecule has 1 saturated heterocycles. The van der Waals surface area contributed by atoms with Crippen molar-refractivity contribution >= 4 is 21.9 Å². The fourth-order valence-corrected chi connectivity index (χ4v) is 4.65. The second-order valence-electron chi connectivity index (χ2n) is 6.91. The maximum atomic E-state index is 12.6. The van der Waals surface area contributed by atoms with Crippen LogP contribution in [0.2, 0.25) is 0 Å². The van der Waals surface area contributed by atoms with Gasteiger partial charge in [0.15, 0.2) is 6.61 Å². The molecule has 1 heterocycles. The van der Waals surface area contributed by atoms with Crippen LogP contribution in [0.4, 0.5) is 0 Å². The smallest absolute Gasteiger partial charge is 0.338 e. The molecule has 1 atom stereocenters. The number of sulfonamides is 1. The third-order valence-corrected chi connectivity index (χ3v) is 6.72. The Morgan fingerprint density at radius 2 is 1.96 bits per heavy atom. The first-order valence-corrected chi connectivity index (χ1v) is 10.4. The largest absolute Gasteiger partial charge is 0.452 e. The number of rotatable bonds is 7. The summed E-state index contributed by atoms with van der Waals surface area (Å²) in [5, 5.41) is 2.80. The molecule has 2 fully saturated rings. The Kier molecular flexibility index (Phi) is 5.62. The summed E-state index contributed by atoms with van der Waals surface area (Å²) in [5.74, 6) is -0.543. The molecule has 1 N–H and O–H groups in total. The van der Waals surface area contributed by atoms with Gasteiger partial charge in [0.25, 0.3) is 5.91 Å². The van der Waals surface area contributed by atoms with E-state index >= 15 is 0 Å². The highest BCUT2D eigenvalue weighted by molar-refractivity contribution is 7.89. The van der Waals surface area contributed by atoms with Gasteiger partial charge in [0, 0.05) is 19.1 Å². The molecule has 0 spiro atoms. The van der Waals surface area contributed by atoms with E-state index in [-0.39, 0.29) is 29.0 Å². The van der Waals surface area contributed by atoms with Crippen LogP contribution >= 0.6 is 0 Å². The average molecular weight is 380 g/mol. The lowest BCUT2D eigenvalue weighted by Crippen LogP contribution is -2.37. The van der Waals surface area contributed by atoms with Crippen molar-refractivity contribution in [2.75, 3.05) is 19.7 Å². The maximum Gasteiger partial charge on any atom is 0.338 e. The van der Waals surface area contributed by atoms with Crippen molar-refractivity contribution < 1.29 is 22.7 Å². The van der Waals surface area contributed by atoms with Gasteiger partial charge in [-0.05, 0) is 56.7 Å². The summed E-state index contributed by atoms with van der Waals surface area (Å²) in [6, 6.07) is 5.84. The second-order valence-corrected chi connectivity index (χ2v) is 8.85. The molecule has 3 rings (SSSR count). The minimum atomic E-state index is -3.60. The highest BCUT2D eigenvalue weighted by Crippen LogP contribution is 2.32. The number of nitrogens with one attached hydrogen (secondary N) is 1. The van der Waals surface area contributed by atoms with E-state index in [0.29, 0.717) is 19.0 Å². The van der Waals surface area contributed by atoms with Crippen molar-refractivity contribution in [3.63, 3.8) is 0 Å². The number of carbonyl (C=O) groups excluding carboxylic acids is 2. The van der Waals surface area contributed by atoms with Crippen molar-refractivity contribution in [2.45, 2.75) is 43.5 Å². The zero-order valence-corrected chi connectivity index (χ0v) is 15.6. The molecular weight excluding hydrogens is 356 g/mol. The zero-order chi connectivity index (χ0) is 18.7. The molecule has 0 bridgehead atoms. The van der Waals surface area contributed by atoms with Crippen LogP contribution in [0.15, 0.2) is 29.2 Å². The highest BCUT2D eigenvalue weighted by atomic mass is 32.2. The van der Waals surface area contributed by atoms with E-state index in [2.05, 4.69) is 5.32 Å². The first kappa shape index (κ1) is 18.8. The predicted molar refractivity (Wildman–Crippen MR) is 95.0 cm³/mol. The van der Waals surface area contributed by atoms with Gasteiger partial charge in [0.2, 0.25) is 10.0 Å². The number of hydrogen-bond donors (Lipinski definition) is 1. The third kappa shape index (κ3) is 4.42. The first-order chi connectivity index (χ1) is 12.4. The minimum absolute atomic E-state index is 0.0701. The summed E-state index contributed by atoms with van der Waals surface area (Å²) in [6.45, 7) is 2.55. The molecule has 0 unspecified atom stereocenters. The average Bonchev–Trinajstić information content (AvgIpc) is 3.33. The van der Waals surface area contributed by atoms with Gasteiger partial charge in [-0.15, -0.1) is 0 Å². The van der Waals surface area contributed by atoms with Crippen LogP contribution < -0.4 is 5.32 Å². The zero-order valence-electron chi connectivity index (χ0n) is 14.8. The topological polar surface area (TPSA) is 92.8 Å². The Morgan fingerprint density at radius 1 is 1.27 bits per heavy atom. The summed E-state index contributed by atoms with van der Waals surface area (Å²) < 4.78 is 31.6. The molecule has 142 valence electrons. The predicted octanol–water partition coefficient (Wildman–Crippen LogP) is 1.54. The maximum absolute atomic E-state index is 12.6. The van der Waals surface area contributed by atoms with Crippen LogP contribution in [0.5, 0.6) is 0 Å². The van der Waals surface area contributed by atoms with Gasteiger partial charge in [-0.3, -0.25) is 4.79 Å². The van der Waals surface area contributed by atoms with Crippen LogP contribution in [0, 0.1) is 5.92 Å². The van der Waals surface area contributed by atoms with E-state index in [9.17, 15) is 18.0 Å². The van der Waals surface area contributed by atoms with Crippen molar-refractivity contribution in [2.24, 2.45) is 5.92 Å². The fraction of sp³-hybridized carbons (Fsp3) is 0.556. The van der Waals surface area contributed by atoms with E-state index < -0.39 is 16.0 Å². The Bertz CT molecular complexity index is 783. The molecule has 1 amide bonds. The molecule has 7 nitrogen and oxygen atoms in total. The number of esters is 1. The van der Waals surface area contributed by atoms with Crippen molar-refractivity contribution in [3.05, 3.63) is 29.8 Å². The molecule has 1 aromatic rings. The Hall–Kier alpha value is -1.93. The van der Waals surface area contributed by atoms with Crippen LogP contribution in [0.1, 0.15) is 43.0 Å². The Morgan fingerprint density at radius 3 is 2.62 bits per heavy atom. The number of benzene rings is 1. The van der Waals surface area contributed by atoms with Gasteiger partial charge in [-0.1, -0.05) is 6.07 Å². The molecule has 8 heteroatoms. The number of carbonyl (C=O) groups is 2. The highest BCUT2D eigenvalue weighted by Gasteiger charge is 2.29. The van der Waals surface area contributed by atoms with E-state index in [1.807, 2.05) is 6.92 Å². The summed E-state index contributed by atoms with van der Waals surface area (Å²) in [6.07, 6.45) is 3.91. The number of nitrogens with zero attached hydrogens (tertiary/aromatic N) is 1. The van der Waals surface area contributed by atoms with Crippen LogP contribution in [0.3, 0.4) is 0 Å². The summed E-state index contributed by atoms with van der Waals surface area (Å²) in [5.41, 5.74) is 0.119. The Labute approximate surface area is 153 Å². The molecular formula is C18H24N2O5S. The van der Waals surface area contributed by atoms with E-state index in [1.165, 1.54) is 28.6 Å². The molecule has 0 aromatic heterocycles. The molecule has 1 saturated carbocycles. The molecule has 2 aliphatic rings. The lowest BCUT2D eigenvalue weighted by molar-refractivity contribution is -0.124. The molecule has 0 radical (unpaired) electrons. The molecule has 1 aromatic carbocycles. The van der Waals surface area contributed by atoms with Gasteiger partial charge >= 0.3 is 5.97 Å². The molecule has 1 aliphatic heterocycles. The SMILES string of the molecule is C[C@H](NC(=O)COC(=O)c1cccc(S(=O)(=O)N2CCCC2)c1)C1CC1. The van der Waals surface area contributed by atoms with Crippen LogP contribution in [0.25, 0.3) is 0 Å². The number of amides is 1. The van der Waals surface area contributed by atoms with Gasteiger partial charge in [0.05, 0.1) is 10.5 Å². The van der Waals surface area contributed by atoms with Gasteiger partial charge < -0.3 is 10.1 Å². The lowest BCUT2D eigenvalue weighted by Gasteiger charge is -2.16. The summed E-state index contributed by atoms with van der Waals surface area (Å²) in [4.78, 5) is 24.1. The van der Waals surface area contributed by atoms with Crippen LogP contribution in [-0.2, 0) is 19.6 Å². The lowest BCUT2D eigenvalue weighted by atomic mass is 10.2. The van der Waals surface area contributed by atoms with Crippen molar-refractivity contribution in [3.8, 4) is 0 Å². The van der Waals surface area contributed by atoms with Gasteiger partial charge in [-0.2, -0.15) is 4.31 Å². The van der Waals surface area contributed by atoms with Crippen molar-refractivity contribution in [1.29, 1.82) is 0 Å². The van der Waals surface area contributed by atoms with E-state index in [0.717, 1.165) is 25.7 Å². The standard InChI is InChI=1S/C18H24N2O5S/c1-13(14-7-8-14)19-17(21)12-25-18(22)15-5-4-6-16(11-15)26(23,24)20-9-2-3-10-20/h4-6,11,13-14H,2-3,7-10,12H2,1H3,(H,19,21)/t13-/m0/s1. The molecule has 1 aliphatic carbocycles. The summed E-state index contributed by atoms with van der Waals surface area (Å²) in [7, 11) is -3.60. The summed E-state index contributed by atoms with van der Waals surface area (Å²) >= 11 is 0. The number of ether oxygens (including phenoxy) is 1. The van der Waals surface area contributed by atoms with Gasteiger partial charge in [0.1, 0.15) is 0 Å². The van der Waals surface area contributed by atoms with Gasteiger partial charge in [-0.25, -0.2) is 13.2 Å². The van der Waals surface area contributed by atoms with E-state index in [1.54, 1.807) is 0 Å². The van der Waals surface area contributed by atoms with Crippen LogP contribution in [-0.4, -0.2) is 50.3 Å². The monoisotopic (exact) mass is 380 g/mol. The minimum Gasteiger partial charge on any atom is -0.452 e. The van der Waals surface area contributed by atoms with E-state index in [4.69, 9.17) is 4.74 Å². The van der Waals surface area contributed by atoms with Crippen molar-refractivity contribution in [1.82, 2.24) is 9.62 Å². The fourth-order valence-electron chi connectivity index (χ4n) is 3.09. The second kappa shape index (κ2) is 7.75. The molecule has 26 heavy (non-hydrogen) atoms.